The fraction of sp³-hybridized carbons (Fsp3) is 1.00. The standard InChI is InChI=1S/C13H26N2/c1-12(2)7-8-13(9-12,10-14)15(3)11-5-4-6-11/h11H,4-10,14H2,1-3H3. The fourth-order valence-electron chi connectivity index (χ4n) is 3.42. The van der Waals surface area contributed by atoms with Gasteiger partial charge < -0.3 is 5.73 Å². The topological polar surface area (TPSA) is 29.3 Å². The van der Waals surface area contributed by atoms with Crippen LogP contribution in [-0.2, 0) is 0 Å². The minimum absolute atomic E-state index is 0.314. The van der Waals surface area contributed by atoms with Crippen LogP contribution in [0.3, 0.4) is 0 Å². The van der Waals surface area contributed by atoms with Gasteiger partial charge in [-0.25, -0.2) is 0 Å². The van der Waals surface area contributed by atoms with E-state index in [4.69, 9.17) is 5.73 Å². The van der Waals surface area contributed by atoms with Gasteiger partial charge in [0.2, 0.25) is 0 Å². The van der Waals surface area contributed by atoms with Gasteiger partial charge in [0.1, 0.15) is 0 Å². The van der Waals surface area contributed by atoms with Gasteiger partial charge in [0.25, 0.3) is 0 Å². The van der Waals surface area contributed by atoms with E-state index in [0.29, 0.717) is 11.0 Å². The third-order valence-electron chi connectivity index (χ3n) is 4.83. The molecule has 0 heterocycles. The van der Waals surface area contributed by atoms with Gasteiger partial charge in [0.05, 0.1) is 0 Å². The third kappa shape index (κ3) is 1.94. The number of likely N-dealkylation sites (N-methyl/N-ethyl adjacent to an activating group) is 1. The molecule has 0 radical (unpaired) electrons. The van der Waals surface area contributed by atoms with Crippen molar-refractivity contribution in [3.8, 4) is 0 Å². The third-order valence-corrected chi connectivity index (χ3v) is 4.83. The average molecular weight is 210 g/mol. The molecule has 15 heavy (non-hydrogen) atoms. The molecule has 0 aliphatic heterocycles. The van der Waals surface area contributed by atoms with E-state index >= 15 is 0 Å². The van der Waals surface area contributed by atoms with Crippen molar-refractivity contribution in [3.05, 3.63) is 0 Å². The van der Waals surface area contributed by atoms with Crippen molar-refractivity contribution in [1.29, 1.82) is 0 Å². The van der Waals surface area contributed by atoms with Gasteiger partial charge in [-0.2, -0.15) is 0 Å². The highest BCUT2D eigenvalue weighted by Crippen LogP contribution is 2.47. The van der Waals surface area contributed by atoms with Gasteiger partial charge >= 0.3 is 0 Å². The molecule has 1 atom stereocenters. The van der Waals surface area contributed by atoms with Gasteiger partial charge in [-0.1, -0.05) is 20.3 Å². The quantitative estimate of drug-likeness (QED) is 0.775. The SMILES string of the molecule is CN(C1CCC1)C1(CN)CCC(C)(C)C1. The summed E-state index contributed by atoms with van der Waals surface area (Å²) in [5.41, 5.74) is 6.88. The molecule has 2 rings (SSSR count). The predicted molar refractivity (Wildman–Crippen MR) is 64.8 cm³/mol. The molecule has 0 bridgehead atoms. The van der Waals surface area contributed by atoms with E-state index in [-0.39, 0.29) is 0 Å². The number of hydrogen-bond acceptors (Lipinski definition) is 2. The van der Waals surface area contributed by atoms with Crippen molar-refractivity contribution >= 4 is 0 Å². The second kappa shape index (κ2) is 3.74. The van der Waals surface area contributed by atoms with Crippen LogP contribution in [0.1, 0.15) is 52.4 Å². The van der Waals surface area contributed by atoms with Crippen molar-refractivity contribution < 1.29 is 0 Å². The van der Waals surface area contributed by atoms with E-state index in [1.54, 1.807) is 0 Å². The molecule has 0 spiro atoms. The Morgan fingerprint density at radius 3 is 2.27 bits per heavy atom. The maximum atomic E-state index is 6.07. The molecular formula is C13H26N2. The summed E-state index contributed by atoms with van der Waals surface area (Å²) in [5, 5.41) is 0. The highest BCUT2D eigenvalue weighted by Gasteiger charge is 2.47. The molecule has 2 aliphatic rings. The highest BCUT2D eigenvalue weighted by molar-refractivity contribution is 5.03. The van der Waals surface area contributed by atoms with Crippen LogP contribution in [-0.4, -0.2) is 30.1 Å². The Hall–Kier alpha value is -0.0800. The zero-order valence-corrected chi connectivity index (χ0v) is 10.6. The maximum absolute atomic E-state index is 6.07. The minimum atomic E-state index is 0.314. The second-order valence-corrected chi connectivity index (χ2v) is 6.47. The number of rotatable bonds is 3. The van der Waals surface area contributed by atoms with Crippen LogP contribution in [0, 0.1) is 5.41 Å². The minimum Gasteiger partial charge on any atom is -0.329 e. The summed E-state index contributed by atoms with van der Waals surface area (Å²) < 4.78 is 0. The molecule has 0 saturated heterocycles. The Morgan fingerprint density at radius 2 is 1.93 bits per heavy atom. The number of nitrogens with two attached hydrogens (primary N) is 1. The van der Waals surface area contributed by atoms with Crippen molar-refractivity contribution in [2.75, 3.05) is 13.6 Å². The summed E-state index contributed by atoms with van der Waals surface area (Å²) >= 11 is 0. The van der Waals surface area contributed by atoms with Gasteiger partial charge in [0.15, 0.2) is 0 Å². The van der Waals surface area contributed by atoms with E-state index in [2.05, 4.69) is 25.8 Å². The average Bonchev–Trinajstić information content (AvgIpc) is 2.40. The first-order valence-electron chi connectivity index (χ1n) is 6.42. The summed E-state index contributed by atoms with van der Waals surface area (Å²) in [6.07, 6.45) is 8.10. The smallest absolute Gasteiger partial charge is 0.0336 e. The summed E-state index contributed by atoms with van der Waals surface area (Å²) in [4.78, 5) is 2.62. The Balaban J connectivity index is 2.08. The molecule has 0 aromatic rings. The lowest BCUT2D eigenvalue weighted by molar-refractivity contribution is 0.0355. The van der Waals surface area contributed by atoms with Gasteiger partial charge in [0, 0.05) is 18.1 Å². The largest absolute Gasteiger partial charge is 0.329 e. The second-order valence-electron chi connectivity index (χ2n) is 6.47. The number of hydrogen-bond donors (Lipinski definition) is 1. The summed E-state index contributed by atoms with van der Waals surface area (Å²) in [5.74, 6) is 0. The van der Waals surface area contributed by atoms with Crippen molar-refractivity contribution in [2.24, 2.45) is 11.1 Å². The van der Waals surface area contributed by atoms with Crippen LogP contribution in [0.2, 0.25) is 0 Å². The van der Waals surface area contributed by atoms with E-state index in [1.165, 1.54) is 38.5 Å². The normalized spacial score (nSPS) is 35.8. The lowest BCUT2D eigenvalue weighted by Gasteiger charge is -2.47. The molecule has 0 amide bonds. The van der Waals surface area contributed by atoms with Crippen LogP contribution in [0.25, 0.3) is 0 Å². The van der Waals surface area contributed by atoms with Crippen LogP contribution >= 0.6 is 0 Å². The van der Waals surface area contributed by atoms with Gasteiger partial charge in [-0.15, -0.1) is 0 Å². The molecule has 1 unspecified atom stereocenters. The lowest BCUT2D eigenvalue weighted by atomic mass is 9.83. The molecular weight excluding hydrogens is 184 g/mol. The Bertz CT molecular complexity index is 233. The molecule has 2 nitrogen and oxygen atoms in total. The van der Waals surface area contributed by atoms with Crippen molar-refractivity contribution in [3.63, 3.8) is 0 Å². The molecule has 2 N–H and O–H groups in total. The van der Waals surface area contributed by atoms with E-state index in [1.807, 2.05) is 0 Å². The first-order valence-corrected chi connectivity index (χ1v) is 6.42. The molecule has 2 fully saturated rings. The fourth-order valence-corrected chi connectivity index (χ4v) is 3.42. The van der Waals surface area contributed by atoms with E-state index in [0.717, 1.165) is 12.6 Å². The van der Waals surface area contributed by atoms with Crippen molar-refractivity contribution in [2.45, 2.75) is 64.0 Å². The highest BCUT2D eigenvalue weighted by atomic mass is 15.2. The Labute approximate surface area is 94.2 Å². The summed E-state index contributed by atoms with van der Waals surface area (Å²) in [6.45, 7) is 5.61. The monoisotopic (exact) mass is 210 g/mol. The van der Waals surface area contributed by atoms with Crippen LogP contribution < -0.4 is 5.73 Å². The maximum Gasteiger partial charge on any atom is 0.0336 e. The molecule has 0 aromatic heterocycles. The first kappa shape index (κ1) is 11.4. The molecule has 88 valence electrons. The predicted octanol–water partition coefficient (Wildman–Crippen LogP) is 2.38. The molecule has 2 saturated carbocycles. The van der Waals surface area contributed by atoms with E-state index in [9.17, 15) is 0 Å². The van der Waals surface area contributed by atoms with Crippen molar-refractivity contribution in [1.82, 2.24) is 4.90 Å². The Morgan fingerprint density at radius 1 is 1.27 bits per heavy atom. The zero-order valence-electron chi connectivity index (χ0n) is 10.6. The van der Waals surface area contributed by atoms with E-state index < -0.39 is 0 Å². The number of nitrogens with zero attached hydrogens (tertiary/aromatic N) is 1. The van der Waals surface area contributed by atoms with Crippen LogP contribution in [0.4, 0.5) is 0 Å². The zero-order chi connectivity index (χ0) is 11.1. The van der Waals surface area contributed by atoms with Crippen LogP contribution in [0.15, 0.2) is 0 Å². The van der Waals surface area contributed by atoms with Gasteiger partial charge in [-0.05, 0) is 44.6 Å². The molecule has 2 aliphatic carbocycles. The van der Waals surface area contributed by atoms with Crippen LogP contribution in [0.5, 0.6) is 0 Å². The van der Waals surface area contributed by atoms with Gasteiger partial charge in [-0.3, -0.25) is 4.90 Å². The molecule has 2 heteroatoms. The summed E-state index contributed by atoms with van der Waals surface area (Å²) in [6, 6.07) is 0.822. The summed E-state index contributed by atoms with van der Waals surface area (Å²) in [7, 11) is 2.30. The first-order chi connectivity index (χ1) is 6.99. The molecule has 0 aromatic carbocycles. The Kier molecular flexibility index (Phi) is 2.85. The lowest BCUT2D eigenvalue weighted by Crippen LogP contribution is -2.56.